The number of ether oxygens (including phenoxy) is 1. The summed E-state index contributed by atoms with van der Waals surface area (Å²) < 4.78 is 7.42. The van der Waals surface area contributed by atoms with E-state index in [1.807, 2.05) is 18.2 Å². The lowest BCUT2D eigenvalue weighted by atomic mass is 9.87. The highest BCUT2D eigenvalue weighted by Crippen LogP contribution is 2.40. The van der Waals surface area contributed by atoms with E-state index in [0.29, 0.717) is 0 Å². The number of aryl methyl sites for hydroxylation is 1. The second-order valence-electron chi connectivity index (χ2n) is 6.81. The highest BCUT2D eigenvalue weighted by molar-refractivity contribution is 5.79. The molecule has 3 aromatic carbocycles. The Kier molecular flexibility index (Phi) is 3.79. The van der Waals surface area contributed by atoms with Crippen molar-refractivity contribution in [1.82, 2.24) is 9.78 Å². The van der Waals surface area contributed by atoms with Crippen molar-refractivity contribution in [1.29, 1.82) is 0 Å². The Morgan fingerprint density at radius 3 is 2.33 bits per heavy atom. The molecule has 0 fully saturated rings. The molecule has 0 saturated heterocycles. The minimum absolute atomic E-state index is 0.862. The summed E-state index contributed by atoms with van der Waals surface area (Å²) in [7, 11) is 1.69. The molecule has 0 spiro atoms. The van der Waals surface area contributed by atoms with Crippen LogP contribution in [0.15, 0.2) is 78.9 Å². The van der Waals surface area contributed by atoms with E-state index in [4.69, 9.17) is 9.84 Å². The van der Waals surface area contributed by atoms with Gasteiger partial charge in [0.15, 0.2) is 0 Å². The van der Waals surface area contributed by atoms with E-state index in [1.165, 1.54) is 22.4 Å². The molecule has 0 unspecified atom stereocenters. The fourth-order valence-electron chi connectivity index (χ4n) is 3.93. The molecule has 1 aliphatic rings. The van der Waals surface area contributed by atoms with E-state index in [0.717, 1.165) is 35.5 Å². The first-order valence-corrected chi connectivity index (χ1v) is 9.25. The predicted octanol–water partition coefficient (Wildman–Crippen LogP) is 5.31. The van der Waals surface area contributed by atoms with E-state index in [1.54, 1.807) is 7.11 Å². The lowest BCUT2D eigenvalue weighted by Crippen LogP contribution is -2.07. The third-order valence-corrected chi connectivity index (χ3v) is 5.26. The van der Waals surface area contributed by atoms with E-state index in [-0.39, 0.29) is 0 Å². The summed E-state index contributed by atoms with van der Waals surface area (Å²) in [6.07, 6.45) is 2.05. The molecule has 0 N–H and O–H groups in total. The van der Waals surface area contributed by atoms with Crippen molar-refractivity contribution in [2.45, 2.75) is 12.8 Å². The quantitative estimate of drug-likeness (QED) is 0.499. The lowest BCUT2D eigenvalue weighted by molar-refractivity contribution is 0.415. The molecule has 1 aliphatic carbocycles. The summed E-state index contributed by atoms with van der Waals surface area (Å²) in [5, 5.41) is 5.06. The van der Waals surface area contributed by atoms with Crippen LogP contribution in [-0.4, -0.2) is 16.9 Å². The number of para-hydroxylation sites is 1. The molecular formula is C24H20N2O. The zero-order valence-corrected chi connectivity index (χ0v) is 15.2. The SMILES string of the molecule is COc1ccc(-c2nn(-c3ccccc3)c3c2CCc2ccccc2-3)cc1. The molecular weight excluding hydrogens is 332 g/mol. The van der Waals surface area contributed by atoms with Crippen molar-refractivity contribution in [2.24, 2.45) is 0 Å². The molecule has 0 amide bonds. The van der Waals surface area contributed by atoms with Crippen LogP contribution in [0.3, 0.4) is 0 Å². The molecule has 0 saturated carbocycles. The third kappa shape index (κ3) is 2.63. The minimum Gasteiger partial charge on any atom is -0.497 e. The summed E-state index contributed by atoms with van der Waals surface area (Å²) in [5.74, 6) is 0.862. The van der Waals surface area contributed by atoms with Gasteiger partial charge in [0.2, 0.25) is 0 Å². The van der Waals surface area contributed by atoms with Crippen LogP contribution in [0.1, 0.15) is 11.1 Å². The normalized spacial score (nSPS) is 12.3. The first-order chi connectivity index (χ1) is 13.3. The first-order valence-electron chi connectivity index (χ1n) is 9.25. The van der Waals surface area contributed by atoms with Gasteiger partial charge in [0.05, 0.1) is 24.2 Å². The number of rotatable bonds is 3. The second kappa shape index (κ2) is 6.44. The number of hydrogen-bond donors (Lipinski definition) is 0. The molecule has 0 atom stereocenters. The predicted molar refractivity (Wildman–Crippen MR) is 108 cm³/mol. The number of hydrogen-bond acceptors (Lipinski definition) is 2. The van der Waals surface area contributed by atoms with Crippen LogP contribution in [0.2, 0.25) is 0 Å². The Morgan fingerprint density at radius 2 is 1.56 bits per heavy atom. The molecule has 3 nitrogen and oxygen atoms in total. The molecule has 3 heteroatoms. The van der Waals surface area contributed by atoms with E-state index >= 15 is 0 Å². The average molecular weight is 352 g/mol. The lowest BCUT2D eigenvalue weighted by Gasteiger charge is -2.18. The fourth-order valence-corrected chi connectivity index (χ4v) is 3.93. The zero-order chi connectivity index (χ0) is 18.2. The van der Waals surface area contributed by atoms with Crippen LogP contribution in [-0.2, 0) is 12.8 Å². The minimum atomic E-state index is 0.862. The maximum absolute atomic E-state index is 5.31. The second-order valence-corrected chi connectivity index (χ2v) is 6.81. The van der Waals surface area contributed by atoms with Crippen molar-refractivity contribution < 1.29 is 4.74 Å². The van der Waals surface area contributed by atoms with E-state index in [9.17, 15) is 0 Å². The summed E-state index contributed by atoms with van der Waals surface area (Å²) in [5.41, 5.74) is 8.49. The Hall–Kier alpha value is -3.33. The summed E-state index contributed by atoms with van der Waals surface area (Å²) in [6, 6.07) is 27.3. The van der Waals surface area contributed by atoms with Gasteiger partial charge in [0.25, 0.3) is 0 Å². The smallest absolute Gasteiger partial charge is 0.118 e. The van der Waals surface area contributed by atoms with Crippen molar-refractivity contribution in [3.8, 4) is 34.0 Å². The summed E-state index contributed by atoms with van der Waals surface area (Å²) in [6.45, 7) is 0. The maximum Gasteiger partial charge on any atom is 0.118 e. The molecule has 4 aromatic rings. The molecule has 1 heterocycles. The Bertz CT molecular complexity index is 1100. The van der Waals surface area contributed by atoms with Crippen molar-refractivity contribution in [2.75, 3.05) is 7.11 Å². The fraction of sp³-hybridized carbons (Fsp3) is 0.125. The van der Waals surface area contributed by atoms with Gasteiger partial charge in [0.1, 0.15) is 5.75 Å². The van der Waals surface area contributed by atoms with Gasteiger partial charge in [-0.3, -0.25) is 0 Å². The van der Waals surface area contributed by atoms with Gasteiger partial charge >= 0.3 is 0 Å². The monoisotopic (exact) mass is 352 g/mol. The van der Waals surface area contributed by atoms with Gasteiger partial charge in [-0.05, 0) is 54.8 Å². The van der Waals surface area contributed by atoms with Gasteiger partial charge in [-0.1, -0.05) is 42.5 Å². The van der Waals surface area contributed by atoms with Crippen LogP contribution in [0, 0.1) is 0 Å². The number of methoxy groups -OCH3 is 1. The van der Waals surface area contributed by atoms with Gasteiger partial charge in [-0.25, -0.2) is 4.68 Å². The van der Waals surface area contributed by atoms with Gasteiger partial charge in [-0.15, -0.1) is 0 Å². The van der Waals surface area contributed by atoms with Gasteiger partial charge in [-0.2, -0.15) is 5.10 Å². The summed E-state index contributed by atoms with van der Waals surface area (Å²) in [4.78, 5) is 0. The van der Waals surface area contributed by atoms with Crippen LogP contribution in [0.25, 0.3) is 28.2 Å². The highest BCUT2D eigenvalue weighted by Gasteiger charge is 2.26. The first kappa shape index (κ1) is 15.9. The topological polar surface area (TPSA) is 27.1 Å². The highest BCUT2D eigenvalue weighted by atomic mass is 16.5. The molecule has 0 radical (unpaired) electrons. The Labute approximate surface area is 158 Å². The van der Waals surface area contributed by atoms with Crippen LogP contribution >= 0.6 is 0 Å². The molecule has 27 heavy (non-hydrogen) atoms. The molecule has 0 bridgehead atoms. The largest absolute Gasteiger partial charge is 0.497 e. The van der Waals surface area contributed by atoms with Crippen molar-refractivity contribution in [3.63, 3.8) is 0 Å². The van der Waals surface area contributed by atoms with E-state index < -0.39 is 0 Å². The number of aromatic nitrogens is 2. The average Bonchev–Trinajstić information content (AvgIpc) is 3.15. The molecule has 1 aromatic heterocycles. The van der Waals surface area contributed by atoms with Crippen LogP contribution in [0.4, 0.5) is 0 Å². The van der Waals surface area contributed by atoms with Crippen molar-refractivity contribution >= 4 is 0 Å². The van der Waals surface area contributed by atoms with Gasteiger partial charge in [0, 0.05) is 16.7 Å². The van der Waals surface area contributed by atoms with Crippen molar-refractivity contribution in [3.05, 3.63) is 90.0 Å². The maximum atomic E-state index is 5.31. The number of nitrogens with zero attached hydrogens (tertiary/aromatic N) is 2. The zero-order valence-electron chi connectivity index (χ0n) is 15.2. The Morgan fingerprint density at radius 1 is 0.815 bits per heavy atom. The molecule has 5 rings (SSSR count). The third-order valence-electron chi connectivity index (χ3n) is 5.26. The Balaban J connectivity index is 1.76. The molecule has 0 aliphatic heterocycles. The number of benzene rings is 3. The van der Waals surface area contributed by atoms with Gasteiger partial charge < -0.3 is 4.74 Å². The van der Waals surface area contributed by atoms with Crippen LogP contribution in [0.5, 0.6) is 5.75 Å². The summed E-state index contributed by atoms with van der Waals surface area (Å²) >= 11 is 0. The molecule has 132 valence electrons. The standard InChI is InChI=1S/C24H20N2O/c1-27-20-14-11-18(12-15-20)23-22-16-13-17-7-5-6-10-21(17)24(22)26(25-23)19-8-3-2-4-9-19/h2-12,14-15H,13,16H2,1H3. The van der Waals surface area contributed by atoms with Crippen LogP contribution < -0.4 is 4.74 Å². The van der Waals surface area contributed by atoms with E-state index in [2.05, 4.69) is 65.3 Å². The number of fused-ring (bicyclic) bond motifs is 3.